The number of aromatic nitrogens is 2. The van der Waals surface area contributed by atoms with Gasteiger partial charge in [-0.1, -0.05) is 24.3 Å². The molecule has 2 aliphatic rings. The van der Waals surface area contributed by atoms with Gasteiger partial charge in [-0.15, -0.1) is 11.3 Å². The second-order valence-electron chi connectivity index (χ2n) is 10.5. The van der Waals surface area contributed by atoms with Gasteiger partial charge in [0.1, 0.15) is 11.6 Å². The molecule has 0 bridgehead atoms. The van der Waals surface area contributed by atoms with E-state index < -0.39 is 0 Å². The fourth-order valence-corrected chi connectivity index (χ4v) is 7.01. The van der Waals surface area contributed by atoms with Crippen molar-refractivity contribution in [3.8, 4) is 11.4 Å². The number of halogens is 1. The van der Waals surface area contributed by atoms with Gasteiger partial charge in [-0.25, -0.2) is 9.37 Å². The van der Waals surface area contributed by atoms with Crippen LogP contribution in [0.25, 0.3) is 22.4 Å². The van der Waals surface area contributed by atoms with Crippen molar-refractivity contribution in [1.29, 1.82) is 0 Å². The molecule has 4 heterocycles. The molecule has 7 rings (SSSR count). The van der Waals surface area contributed by atoms with Crippen molar-refractivity contribution in [2.45, 2.75) is 13.0 Å². The molecule has 0 aliphatic carbocycles. The van der Waals surface area contributed by atoms with Crippen molar-refractivity contribution in [2.24, 2.45) is 7.05 Å². The molecule has 202 valence electrons. The SMILES string of the molecule is Cn1c(-c2cccc(N3CCc4sc(C(=O)N5CCN(c6ccc(F)cc6)CC5)cc4C3)c2)nc2ccccc21. The van der Waals surface area contributed by atoms with Crippen LogP contribution >= 0.6 is 11.3 Å². The van der Waals surface area contributed by atoms with Crippen LogP contribution in [0.15, 0.2) is 78.9 Å². The summed E-state index contributed by atoms with van der Waals surface area (Å²) in [5.41, 5.74) is 6.64. The normalized spacial score (nSPS) is 15.5. The van der Waals surface area contributed by atoms with Gasteiger partial charge >= 0.3 is 0 Å². The number of thiophene rings is 1. The highest BCUT2D eigenvalue weighted by Gasteiger charge is 2.27. The molecule has 5 aromatic rings. The summed E-state index contributed by atoms with van der Waals surface area (Å²) in [4.78, 5) is 27.0. The number of amides is 1. The maximum absolute atomic E-state index is 13.4. The molecule has 2 aromatic heterocycles. The van der Waals surface area contributed by atoms with Crippen LogP contribution in [0.3, 0.4) is 0 Å². The maximum atomic E-state index is 13.4. The summed E-state index contributed by atoms with van der Waals surface area (Å²) in [6.45, 7) is 4.54. The van der Waals surface area contributed by atoms with Crippen LogP contribution < -0.4 is 9.80 Å². The summed E-state index contributed by atoms with van der Waals surface area (Å²) in [6.07, 6.45) is 0.933. The Hall–Kier alpha value is -4.17. The number of rotatable bonds is 4. The smallest absolute Gasteiger partial charge is 0.264 e. The summed E-state index contributed by atoms with van der Waals surface area (Å²) in [7, 11) is 2.07. The molecule has 40 heavy (non-hydrogen) atoms. The fraction of sp³-hybridized carbons (Fsp3) is 0.250. The lowest BCUT2D eigenvalue weighted by Gasteiger charge is -2.36. The quantitative estimate of drug-likeness (QED) is 0.276. The predicted molar refractivity (Wildman–Crippen MR) is 160 cm³/mol. The average Bonchev–Trinajstić information content (AvgIpc) is 3.58. The zero-order chi connectivity index (χ0) is 27.2. The van der Waals surface area contributed by atoms with Gasteiger partial charge in [-0.05, 0) is 66.6 Å². The molecule has 1 amide bonds. The molecule has 0 unspecified atom stereocenters. The van der Waals surface area contributed by atoms with Gasteiger partial charge in [0.25, 0.3) is 5.91 Å². The topological polar surface area (TPSA) is 44.6 Å². The molecular weight excluding hydrogens is 521 g/mol. The number of carbonyl (C=O) groups is 1. The minimum atomic E-state index is -0.229. The Kier molecular flexibility index (Phi) is 6.27. The van der Waals surface area contributed by atoms with Crippen LogP contribution in [0.5, 0.6) is 0 Å². The number of fused-ring (bicyclic) bond motifs is 2. The lowest BCUT2D eigenvalue weighted by atomic mass is 10.1. The van der Waals surface area contributed by atoms with E-state index in [-0.39, 0.29) is 11.7 Å². The molecular formula is C32H30FN5OS. The van der Waals surface area contributed by atoms with Crippen LogP contribution in [0.2, 0.25) is 0 Å². The minimum Gasteiger partial charge on any atom is -0.368 e. The van der Waals surface area contributed by atoms with E-state index in [9.17, 15) is 9.18 Å². The van der Waals surface area contributed by atoms with Crippen molar-refractivity contribution in [2.75, 3.05) is 42.5 Å². The minimum absolute atomic E-state index is 0.119. The molecule has 0 radical (unpaired) electrons. The summed E-state index contributed by atoms with van der Waals surface area (Å²) in [5.74, 6) is 0.851. The van der Waals surface area contributed by atoms with E-state index in [1.165, 1.54) is 28.3 Å². The third kappa shape index (κ3) is 4.52. The first-order valence-corrected chi connectivity index (χ1v) is 14.5. The van der Waals surface area contributed by atoms with Crippen molar-refractivity contribution < 1.29 is 9.18 Å². The highest BCUT2D eigenvalue weighted by atomic mass is 32.1. The van der Waals surface area contributed by atoms with Crippen molar-refractivity contribution >= 4 is 39.7 Å². The van der Waals surface area contributed by atoms with E-state index in [4.69, 9.17) is 4.98 Å². The number of carbonyl (C=O) groups excluding carboxylic acids is 1. The fourth-order valence-electron chi connectivity index (χ4n) is 5.88. The largest absolute Gasteiger partial charge is 0.368 e. The van der Waals surface area contributed by atoms with Crippen molar-refractivity contribution in [3.63, 3.8) is 0 Å². The van der Waals surface area contributed by atoms with Crippen LogP contribution in [0, 0.1) is 5.82 Å². The Labute approximate surface area is 236 Å². The van der Waals surface area contributed by atoms with Crippen LogP contribution in [-0.2, 0) is 20.0 Å². The van der Waals surface area contributed by atoms with E-state index in [2.05, 4.69) is 63.9 Å². The highest BCUT2D eigenvalue weighted by Crippen LogP contribution is 2.33. The predicted octanol–water partition coefficient (Wildman–Crippen LogP) is 5.97. The van der Waals surface area contributed by atoms with E-state index >= 15 is 0 Å². The lowest BCUT2D eigenvalue weighted by Crippen LogP contribution is -2.48. The molecule has 0 spiro atoms. The van der Waals surface area contributed by atoms with Crippen LogP contribution in [-0.4, -0.2) is 53.1 Å². The van der Waals surface area contributed by atoms with Crippen LogP contribution in [0.1, 0.15) is 20.1 Å². The second kappa shape index (κ2) is 10.1. The number of hydrogen-bond donors (Lipinski definition) is 0. The number of piperazine rings is 1. The first-order chi connectivity index (χ1) is 19.5. The Morgan fingerprint density at radius 1 is 0.850 bits per heavy atom. The molecule has 0 N–H and O–H groups in total. The number of aryl methyl sites for hydroxylation is 1. The number of para-hydroxylation sites is 2. The molecule has 8 heteroatoms. The van der Waals surface area contributed by atoms with Gasteiger partial charge in [0.05, 0.1) is 15.9 Å². The summed E-state index contributed by atoms with van der Waals surface area (Å²) < 4.78 is 15.4. The highest BCUT2D eigenvalue weighted by molar-refractivity contribution is 7.14. The first kappa shape index (κ1) is 24.8. The zero-order valence-electron chi connectivity index (χ0n) is 22.4. The maximum Gasteiger partial charge on any atom is 0.264 e. The van der Waals surface area contributed by atoms with Gasteiger partial charge in [0, 0.05) is 68.1 Å². The Bertz CT molecular complexity index is 1700. The Balaban J connectivity index is 1.05. The number of anilines is 2. The van der Waals surface area contributed by atoms with Gasteiger partial charge in [0.15, 0.2) is 0 Å². The Morgan fingerprint density at radius 2 is 1.65 bits per heavy atom. The third-order valence-electron chi connectivity index (χ3n) is 8.09. The number of imidazole rings is 1. The number of benzene rings is 3. The third-order valence-corrected chi connectivity index (χ3v) is 9.32. The molecule has 6 nitrogen and oxygen atoms in total. The van der Waals surface area contributed by atoms with Gasteiger partial charge in [-0.3, -0.25) is 4.79 Å². The second-order valence-corrected chi connectivity index (χ2v) is 11.7. The van der Waals surface area contributed by atoms with E-state index in [0.29, 0.717) is 13.1 Å². The zero-order valence-corrected chi connectivity index (χ0v) is 23.2. The molecule has 3 aromatic carbocycles. The van der Waals surface area contributed by atoms with E-state index in [1.54, 1.807) is 23.5 Å². The van der Waals surface area contributed by atoms with Gasteiger partial charge < -0.3 is 19.3 Å². The molecule has 2 aliphatic heterocycles. The molecule has 0 saturated carbocycles. The van der Waals surface area contributed by atoms with Gasteiger partial charge in [-0.2, -0.15) is 0 Å². The molecule has 0 atom stereocenters. The van der Waals surface area contributed by atoms with Crippen LogP contribution in [0.4, 0.5) is 15.8 Å². The van der Waals surface area contributed by atoms with Crippen molar-refractivity contribution in [1.82, 2.24) is 14.5 Å². The summed E-state index contributed by atoms with van der Waals surface area (Å²) >= 11 is 1.65. The van der Waals surface area contributed by atoms with Gasteiger partial charge in [0.2, 0.25) is 0 Å². The number of hydrogen-bond acceptors (Lipinski definition) is 5. The number of nitrogens with zero attached hydrogens (tertiary/aromatic N) is 5. The first-order valence-electron chi connectivity index (χ1n) is 13.7. The molecule has 1 saturated heterocycles. The van der Waals surface area contributed by atoms with E-state index in [0.717, 1.165) is 65.6 Å². The average molecular weight is 552 g/mol. The standard InChI is InChI=1S/C32H30FN5OS/c1-35-28-8-3-2-7-27(28)34-31(35)22-5-4-6-26(19-22)38-14-13-29-23(21-38)20-30(40-29)32(39)37-17-15-36(16-18-37)25-11-9-24(33)10-12-25/h2-12,19-20H,13-18,21H2,1H3. The Morgan fingerprint density at radius 3 is 2.45 bits per heavy atom. The lowest BCUT2D eigenvalue weighted by molar-refractivity contribution is 0.0751. The summed E-state index contributed by atoms with van der Waals surface area (Å²) in [5, 5.41) is 0. The summed E-state index contributed by atoms with van der Waals surface area (Å²) in [6, 6.07) is 25.5. The molecule has 1 fully saturated rings. The van der Waals surface area contributed by atoms with Crippen molar-refractivity contribution in [3.05, 3.63) is 100.0 Å². The van der Waals surface area contributed by atoms with E-state index in [1.807, 2.05) is 17.0 Å². The monoisotopic (exact) mass is 551 g/mol.